The van der Waals surface area contributed by atoms with Gasteiger partial charge in [0.1, 0.15) is 0 Å². The summed E-state index contributed by atoms with van der Waals surface area (Å²) >= 11 is 0. The number of aliphatic hydroxyl groups excluding tert-OH is 1. The molecule has 0 saturated carbocycles. The standard InChI is InChI=1S/C18H16O/c1-13-16-10-6-5-7-14(16)11-12-17(13)18(19)15-8-3-2-4-9-15/h2-12,17-19H,1H2/t17-,18-/m0/s1. The molecule has 19 heavy (non-hydrogen) atoms. The van der Waals surface area contributed by atoms with Crippen LogP contribution in [0.3, 0.4) is 0 Å². The van der Waals surface area contributed by atoms with Crippen LogP contribution in [-0.4, -0.2) is 5.11 Å². The predicted octanol–water partition coefficient (Wildman–Crippen LogP) is 4.08. The molecule has 1 aliphatic carbocycles. The molecule has 1 nitrogen and oxygen atoms in total. The Labute approximate surface area is 113 Å². The highest BCUT2D eigenvalue weighted by Crippen LogP contribution is 2.38. The van der Waals surface area contributed by atoms with E-state index in [1.54, 1.807) is 0 Å². The quantitative estimate of drug-likeness (QED) is 0.849. The normalized spacial score (nSPS) is 19.0. The molecule has 0 bridgehead atoms. The first-order valence-electron chi connectivity index (χ1n) is 6.47. The highest BCUT2D eigenvalue weighted by molar-refractivity contribution is 5.80. The molecule has 1 aliphatic rings. The van der Waals surface area contributed by atoms with E-state index in [-0.39, 0.29) is 5.92 Å². The van der Waals surface area contributed by atoms with Gasteiger partial charge in [0.15, 0.2) is 0 Å². The van der Waals surface area contributed by atoms with E-state index in [4.69, 9.17) is 0 Å². The molecule has 1 heteroatoms. The summed E-state index contributed by atoms with van der Waals surface area (Å²) in [7, 11) is 0. The largest absolute Gasteiger partial charge is 0.387 e. The first kappa shape index (κ1) is 11.9. The molecular weight excluding hydrogens is 232 g/mol. The third-order valence-electron chi connectivity index (χ3n) is 3.67. The average molecular weight is 248 g/mol. The van der Waals surface area contributed by atoms with E-state index in [0.717, 1.165) is 16.7 Å². The van der Waals surface area contributed by atoms with E-state index in [2.05, 4.69) is 24.8 Å². The summed E-state index contributed by atoms with van der Waals surface area (Å²) in [6.45, 7) is 4.17. The Morgan fingerprint density at radius 2 is 1.63 bits per heavy atom. The van der Waals surface area contributed by atoms with Crippen molar-refractivity contribution in [3.63, 3.8) is 0 Å². The molecule has 3 rings (SSSR count). The van der Waals surface area contributed by atoms with Crippen LogP contribution in [0, 0.1) is 5.92 Å². The van der Waals surface area contributed by atoms with Gasteiger partial charge in [0.25, 0.3) is 0 Å². The number of rotatable bonds is 2. The van der Waals surface area contributed by atoms with Crippen molar-refractivity contribution in [3.05, 3.63) is 83.9 Å². The van der Waals surface area contributed by atoms with Crippen molar-refractivity contribution in [3.8, 4) is 0 Å². The maximum Gasteiger partial charge on any atom is 0.0893 e. The summed E-state index contributed by atoms with van der Waals surface area (Å²) in [6.07, 6.45) is 3.57. The fourth-order valence-corrected chi connectivity index (χ4v) is 2.59. The molecule has 0 aliphatic heterocycles. The monoisotopic (exact) mass is 248 g/mol. The van der Waals surface area contributed by atoms with Crippen molar-refractivity contribution >= 4 is 11.6 Å². The molecule has 1 N–H and O–H groups in total. The summed E-state index contributed by atoms with van der Waals surface area (Å²) in [5, 5.41) is 10.5. The molecule has 0 spiro atoms. The zero-order valence-electron chi connectivity index (χ0n) is 10.7. The zero-order valence-corrected chi connectivity index (χ0v) is 10.7. The Balaban J connectivity index is 1.95. The number of aliphatic hydroxyl groups is 1. The van der Waals surface area contributed by atoms with Gasteiger partial charge in [0.2, 0.25) is 0 Å². The van der Waals surface area contributed by atoms with E-state index in [1.165, 1.54) is 5.56 Å². The van der Waals surface area contributed by atoms with Crippen LogP contribution in [0.1, 0.15) is 22.8 Å². The Kier molecular flexibility index (Phi) is 3.06. The smallest absolute Gasteiger partial charge is 0.0893 e. The van der Waals surface area contributed by atoms with E-state index in [1.807, 2.05) is 48.5 Å². The second-order valence-electron chi connectivity index (χ2n) is 4.85. The lowest BCUT2D eigenvalue weighted by molar-refractivity contribution is 0.155. The van der Waals surface area contributed by atoms with E-state index < -0.39 is 6.10 Å². The van der Waals surface area contributed by atoms with Crippen molar-refractivity contribution < 1.29 is 5.11 Å². The van der Waals surface area contributed by atoms with Crippen LogP contribution in [0.15, 0.2) is 67.3 Å². The summed E-state index contributed by atoms with van der Waals surface area (Å²) in [6, 6.07) is 17.9. The van der Waals surface area contributed by atoms with Crippen molar-refractivity contribution in [1.29, 1.82) is 0 Å². The van der Waals surface area contributed by atoms with Crippen molar-refractivity contribution in [2.45, 2.75) is 6.10 Å². The fourth-order valence-electron chi connectivity index (χ4n) is 2.59. The third-order valence-corrected chi connectivity index (χ3v) is 3.67. The van der Waals surface area contributed by atoms with Gasteiger partial charge in [0.05, 0.1) is 6.10 Å². The molecule has 2 aromatic carbocycles. The van der Waals surface area contributed by atoms with Crippen LogP contribution < -0.4 is 0 Å². The van der Waals surface area contributed by atoms with Gasteiger partial charge >= 0.3 is 0 Å². The minimum absolute atomic E-state index is 0.0581. The van der Waals surface area contributed by atoms with Gasteiger partial charge in [-0.25, -0.2) is 0 Å². The van der Waals surface area contributed by atoms with Crippen molar-refractivity contribution in [2.75, 3.05) is 0 Å². The van der Waals surface area contributed by atoms with E-state index in [9.17, 15) is 5.11 Å². The van der Waals surface area contributed by atoms with Crippen LogP contribution in [-0.2, 0) is 0 Å². The van der Waals surface area contributed by atoms with Gasteiger partial charge in [-0.05, 0) is 22.3 Å². The van der Waals surface area contributed by atoms with Crippen LogP contribution in [0.25, 0.3) is 11.6 Å². The lowest BCUT2D eigenvalue weighted by atomic mass is 9.80. The molecule has 0 radical (unpaired) electrons. The Morgan fingerprint density at radius 1 is 0.947 bits per heavy atom. The first-order valence-corrected chi connectivity index (χ1v) is 6.47. The Morgan fingerprint density at radius 3 is 2.42 bits per heavy atom. The highest BCUT2D eigenvalue weighted by Gasteiger charge is 2.25. The molecule has 0 unspecified atom stereocenters. The SMILES string of the molecule is C=C1c2ccccc2C=C[C@@H]1[C@@H](O)c1ccccc1. The Hall–Kier alpha value is -2.12. The predicted molar refractivity (Wildman–Crippen MR) is 79.4 cm³/mol. The molecule has 0 amide bonds. The summed E-state index contributed by atoms with van der Waals surface area (Å²) in [5.41, 5.74) is 4.21. The van der Waals surface area contributed by atoms with Gasteiger partial charge in [-0.3, -0.25) is 0 Å². The van der Waals surface area contributed by atoms with Crippen LogP contribution in [0.2, 0.25) is 0 Å². The lowest BCUT2D eigenvalue weighted by Crippen LogP contribution is -2.14. The van der Waals surface area contributed by atoms with Crippen LogP contribution in [0.5, 0.6) is 0 Å². The summed E-state index contributed by atoms with van der Waals surface area (Å²) < 4.78 is 0. The zero-order chi connectivity index (χ0) is 13.2. The Bertz CT molecular complexity index is 625. The lowest BCUT2D eigenvalue weighted by Gasteiger charge is -2.27. The van der Waals surface area contributed by atoms with E-state index >= 15 is 0 Å². The average Bonchev–Trinajstić information content (AvgIpc) is 2.48. The number of fused-ring (bicyclic) bond motifs is 1. The molecule has 0 heterocycles. The molecule has 2 atom stereocenters. The molecule has 0 aromatic heterocycles. The minimum atomic E-state index is -0.543. The third kappa shape index (κ3) is 2.13. The van der Waals surface area contributed by atoms with Crippen LogP contribution >= 0.6 is 0 Å². The van der Waals surface area contributed by atoms with Gasteiger partial charge in [-0.2, -0.15) is 0 Å². The van der Waals surface area contributed by atoms with Crippen LogP contribution in [0.4, 0.5) is 0 Å². The molecule has 94 valence electrons. The van der Waals surface area contributed by atoms with Gasteiger partial charge < -0.3 is 5.11 Å². The first-order chi connectivity index (χ1) is 9.27. The molecular formula is C18H16O. The molecule has 0 saturated heterocycles. The summed E-state index contributed by atoms with van der Waals surface area (Å²) in [5.74, 6) is -0.0581. The van der Waals surface area contributed by atoms with Crippen molar-refractivity contribution in [2.24, 2.45) is 5.92 Å². The van der Waals surface area contributed by atoms with Gasteiger partial charge in [0, 0.05) is 5.92 Å². The molecule has 0 fully saturated rings. The summed E-state index contributed by atoms with van der Waals surface area (Å²) in [4.78, 5) is 0. The van der Waals surface area contributed by atoms with Crippen molar-refractivity contribution in [1.82, 2.24) is 0 Å². The molecule has 2 aromatic rings. The van der Waals surface area contributed by atoms with Gasteiger partial charge in [-0.15, -0.1) is 0 Å². The maximum absolute atomic E-state index is 10.5. The fraction of sp³-hybridized carbons (Fsp3) is 0.111. The number of hydrogen-bond donors (Lipinski definition) is 1. The van der Waals surface area contributed by atoms with Gasteiger partial charge in [-0.1, -0.05) is 73.3 Å². The number of benzene rings is 2. The number of hydrogen-bond acceptors (Lipinski definition) is 1. The highest BCUT2D eigenvalue weighted by atomic mass is 16.3. The topological polar surface area (TPSA) is 20.2 Å². The second kappa shape index (κ2) is 4.87. The maximum atomic E-state index is 10.5. The minimum Gasteiger partial charge on any atom is -0.387 e. The van der Waals surface area contributed by atoms with E-state index in [0.29, 0.717) is 0 Å². The second-order valence-corrected chi connectivity index (χ2v) is 4.85.